The maximum atomic E-state index is 6.06. The van der Waals surface area contributed by atoms with Gasteiger partial charge in [0.25, 0.3) is 0 Å². The minimum absolute atomic E-state index is 0.797. The normalized spacial score (nSPS) is 16.4. The van der Waals surface area contributed by atoms with E-state index in [-0.39, 0.29) is 0 Å². The fourth-order valence-electron chi connectivity index (χ4n) is 2.42. The van der Waals surface area contributed by atoms with E-state index in [9.17, 15) is 0 Å². The number of nitrogens with one attached hydrogen (secondary N) is 1. The molecule has 2 rings (SSSR count). The summed E-state index contributed by atoms with van der Waals surface area (Å²) in [6.07, 6.45) is 1.11. The highest BCUT2D eigenvalue weighted by molar-refractivity contribution is 6.30. The van der Waals surface area contributed by atoms with Gasteiger partial charge in [-0.1, -0.05) is 24.6 Å². The third-order valence-corrected chi connectivity index (χ3v) is 3.73. The van der Waals surface area contributed by atoms with Crippen molar-refractivity contribution in [3.8, 4) is 0 Å². The molecule has 1 aromatic carbocycles. The van der Waals surface area contributed by atoms with Crippen LogP contribution >= 0.6 is 11.6 Å². The summed E-state index contributed by atoms with van der Waals surface area (Å²) in [7, 11) is 1.85. The number of guanidine groups is 1. The van der Waals surface area contributed by atoms with Gasteiger partial charge in [-0.15, -0.1) is 0 Å². The Morgan fingerprint density at radius 2 is 2.05 bits per heavy atom. The molecule has 4 nitrogen and oxygen atoms in total. The SMILES string of the molecule is CCCNC(=NC)N1CCN(c2cccc(Cl)c2)CC1. The highest BCUT2D eigenvalue weighted by Crippen LogP contribution is 2.20. The number of rotatable bonds is 3. The molecule has 110 valence electrons. The van der Waals surface area contributed by atoms with Gasteiger partial charge >= 0.3 is 0 Å². The molecule has 0 bridgehead atoms. The van der Waals surface area contributed by atoms with Crippen molar-refractivity contribution < 1.29 is 0 Å². The zero-order chi connectivity index (χ0) is 14.4. The van der Waals surface area contributed by atoms with Crippen LogP contribution in [0.25, 0.3) is 0 Å². The van der Waals surface area contributed by atoms with Crippen molar-refractivity contribution in [2.75, 3.05) is 44.7 Å². The molecular formula is C15H23ClN4. The van der Waals surface area contributed by atoms with E-state index in [0.29, 0.717) is 0 Å². The molecule has 20 heavy (non-hydrogen) atoms. The van der Waals surface area contributed by atoms with Crippen molar-refractivity contribution in [2.45, 2.75) is 13.3 Å². The molecule has 1 N–H and O–H groups in total. The van der Waals surface area contributed by atoms with E-state index in [1.807, 2.05) is 25.2 Å². The summed E-state index contributed by atoms with van der Waals surface area (Å²) < 4.78 is 0. The van der Waals surface area contributed by atoms with Gasteiger partial charge in [0.05, 0.1) is 0 Å². The Hall–Kier alpha value is -1.42. The topological polar surface area (TPSA) is 30.9 Å². The first kappa shape index (κ1) is 15.0. The van der Waals surface area contributed by atoms with Crippen LogP contribution in [0.1, 0.15) is 13.3 Å². The Morgan fingerprint density at radius 1 is 1.30 bits per heavy atom. The summed E-state index contributed by atoms with van der Waals surface area (Å²) >= 11 is 6.06. The van der Waals surface area contributed by atoms with Crippen molar-refractivity contribution in [2.24, 2.45) is 4.99 Å². The van der Waals surface area contributed by atoms with Crippen LogP contribution in [0, 0.1) is 0 Å². The van der Waals surface area contributed by atoms with Crippen molar-refractivity contribution in [3.05, 3.63) is 29.3 Å². The van der Waals surface area contributed by atoms with Crippen LogP contribution in [0.15, 0.2) is 29.3 Å². The zero-order valence-electron chi connectivity index (χ0n) is 12.3. The molecule has 1 heterocycles. The number of benzene rings is 1. The number of halogens is 1. The molecule has 0 radical (unpaired) electrons. The summed E-state index contributed by atoms with van der Waals surface area (Å²) in [5.41, 5.74) is 1.20. The van der Waals surface area contributed by atoms with Gasteiger partial charge in [-0.3, -0.25) is 4.99 Å². The molecule has 0 saturated carbocycles. The van der Waals surface area contributed by atoms with Crippen LogP contribution in [0.4, 0.5) is 5.69 Å². The maximum Gasteiger partial charge on any atom is 0.193 e. The van der Waals surface area contributed by atoms with Gasteiger partial charge in [-0.2, -0.15) is 0 Å². The Balaban J connectivity index is 1.92. The largest absolute Gasteiger partial charge is 0.368 e. The van der Waals surface area contributed by atoms with Gasteiger partial charge in [-0.05, 0) is 24.6 Å². The quantitative estimate of drug-likeness (QED) is 0.686. The van der Waals surface area contributed by atoms with E-state index in [0.717, 1.165) is 50.1 Å². The van der Waals surface area contributed by atoms with Gasteiger partial charge in [0, 0.05) is 50.5 Å². The van der Waals surface area contributed by atoms with Crippen molar-refractivity contribution >= 4 is 23.2 Å². The summed E-state index contributed by atoms with van der Waals surface area (Å²) in [5.74, 6) is 1.01. The third-order valence-electron chi connectivity index (χ3n) is 3.50. The second-order valence-electron chi connectivity index (χ2n) is 4.93. The Bertz CT molecular complexity index is 453. The second kappa shape index (κ2) is 7.39. The molecular weight excluding hydrogens is 272 g/mol. The highest BCUT2D eigenvalue weighted by atomic mass is 35.5. The molecule has 1 saturated heterocycles. The molecule has 0 aliphatic carbocycles. The monoisotopic (exact) mass is 294 g/mol. The summed E-state index contributed by atoms with van der Waals surface area (Å²) in [4.78, 5) is 9.04. The fraction of sp³-hybridized carbons (Fsp3) is 0.533. The second-order valence-corrected chi connectivity index (χ2v) is 5.36. The van der Waals surface area contributed by atoms with Gasteiger partial charge in [0.15, 0.2) is 5.96 Å². The minimum Gasteiger partial charge on any atom is -0.368 e. The molecule has 0 atom stereocenters. The number of aliphatic imine (C=N–C) groups is 1. The molecule has 5 heteroatoms. The molecule has 1 aliphatic heterocycles. The van der Waals surface area contributed by atoms with E-state index >= 15 is 0 Å². The van der Waals surface area contributed by atoms with E-state index in [1.165, 1.54) is 5.69 Å². The number of piperazine rings is 1. The molecule has 0 spiro atoms. The number of hydrogen-bond donors (Lipinski definition) is 1. The zero-order valence-corrected chi connectivity index (χ0v) is 13.0. The first-order valence-corrected chi connectivity index (χ1v) is 7.58. The predicted molar refractivity (Wildman–Crippen MR) is 86.9 cm³/mol. The number of nitrogens with zero attached hydrogens (tertiary/aromatic N) is 3. The summed E-state index contributed by atoms with van der Waals surface area (Å²) in [5, 5.41) is 4.19. The van der Waals surface area contributed by atoms with Crippen molar-refractivity contribution in [3.63, 3.8) is 0 Å². The van der Waals surface area contributed by atoms with E-state index in [1.54, 1.807) is 0 Å². The van der Waals surface area contributed by atoms with Gasteiger partial charge in [0.1, 0.15) is 0 Å². The maximum absolute atomic E-state index is 6.06. The highest BCUT2D eigenvalue weighted by Gasteiger charge is 2.19. The van der Waals surface area contributed by atoms with Crippen LogP contribution in [0.3, 0.4) is 0 Å². The predicted octanol–water partition coefficient (Wildman–Crippen LogP) is 2.45. The molecule has 0 aromatic heterocycles. The Kier molecular flexibility index (Phi) is 5.53. The van der Waals surface area contributed by atoms with Gasteiger partial charge < -0.3 is 15.1 Å². The van der Waals surface area contributed by atoms with Crippen LogP contribution in [0.5, 0.6) is 0 Å². The molecule has 0 amide bonds. The Morgan fingerprint density at radius 3 is 2.65 bits per heavy atom. The molecule has 1 aromatic rings. The fourth-order valence-corrected chi connectivity index (χ4v) is 2.60. The molecule has 1 aliphatic rings. The van der Waals surface area contributed by atoms with Crippen LogP contribution < -0.4 is 10.2 Å². The van der Waals surface area contributed by atoms with Crippen LogP contribution in [-0.2, 0) is 0 Å². The lowest BCUT2D eigenvalue weighted by atomic mass is 10.2. The van der Waals surface area contributed by atoms with Gasteiger partial charge in [0.2, 0.25) is 0 Å². The smallest absolute Gasteiger partial charge is 0.193 e. The van der Waals surface area contributed by atoms with E-state index in [4.69, 9.17) is 11.6 Å². The lowest BCUT2D eigenvalue weighted by Crippen LogP contribution is -2.52. The van der Waals surface area contributed by atoms with E-state index in [2.05, 4.69) is 33.1 Å². The standard InChI is InChI=1S/C15H23ClN4/c1-3-7-18-15(17-2)20-10-8-19(9-11-20)14-6-4-5-13(16)12-14/h4-6,12H,3,7-11H2,1-2H3,(H,17,18). The lowest BCUT2D eigenvalue weighted by molar-refractivity contribution is 0.373. The van der Waals surface area contributed by atoms with Crippen LogP contribution in [0.2, 0.25) is 5.02 Å². The third kappa shape index (κ3) is 3.79. The Labute approximate surface area is 126 Å². The summed E-state index contributed by atoms with van der Waals surface area (Å²) in [6.45, 7) is 7.09. The molecule has 0 unspecified atom stereocenters. The lowest BCUT2D eigenvalue weighted by Gasteiger charge is -2.37. The van der Waals surface area contributed by atoms with Crippen molar-refractivity contribution in [1.82, 2.24) is 10.2 Å². The molecule has 1 fully saturated rings. The first-order valence-electron chi connectivity index (χ1n) is 7.20. The first-order chi connectivity index (χ1) is 9.74. The van der Waals surface area contributed by atoms with Crippen LogP contribution in [-0.4, -0.2) is 50.6 Å². The minimum atomic E-state index is 0.797. The number of hydrogen-bond acceptors (Lipinski definition) is 2. The average molecular weight is 295 g/mol. The van der Waals surface area contributed by atoms with Gasteiger partial charge in [-0.25, -0.2) is 0 Å². The van der Waals surface area contributed by atoms with Crippen molar-refractivity contribution in [1.29, 1.82) is 0 Å². The number of anilines is 1. The average Bonchev–Trinajstić information content (AvgIpc) is 2.49. The summed E-state index contributed by atoms with van der Waals surface area (Å²) in [6, 6.07) is 8.07. The van der Waals surface area contributed by atoms with E-state index < -0.39 is 0 Å².